The highest BCUT2D eigenvalue weighted by Gasteiger charge is 2.27. The number of halogens is 2. The zero-order valence-electron chi connectivity index (χ0n) is 22.7. The molecule has 1 saturated heterocycles. The first-order chi connectivity index (χ1) is 19.3. The highest BCUT2D eigenvalue weighted by Crippen LogP contribution is 2.36. The summed E-state index contributed by atoms with van der Waals surface area (Å²) in [4.78, 5) is 41.1. The normalized spacial score (nSPS) is 16.0. The minimum absolute atomic E-state index is 0.0322. The number of nitrogens with zero attached hydrogens (tertiary/aromatic N) is 3. The average molecular weight is 593 g/mol. The van der Waals surface area contributed by atoms with E-state index in [-0.39, 0.29) is 30.7 Å². The van der Waals surface area contributed by atoms with Gasteiger partial charge in [-0.15, -0.1) is 0 Å². The maximum Gasteiger partial charge on any atom is 0.469 e. The van der Waals surface area contributed by atoms with E-state index in [2.05, 4.69) is 24.7 Å². The number of amides is 1. The van der Waals surface area contributed by atoms with Gasteiger partial charge in [0.15, 0.2) is 0 Å². The Balaban J connectivity index is 1.63. The van der Waals surface area contributed by atoms with Gasteiger partial charge in [-0.3, -0.25) is 14.3 Å². The fourth-order valence-corrected chi connectivity index (χ4v) is 4.58. The Labute approximate surface area is 235 Å². The van der Waals surface area contributed by atoms with Gasteiger partial charge < -0.3 is 29.5 Å². The predicted octanol–water partition coefficient (Wildman–Crippen LogP) is 4.53. The first-order valence-electron chi connectivity index (χ1n) is 12.8. The highest BCUT2D eigenvalue weighted by molar-refractivity contribution is 7.46. The molecule has 0 saturated carbocycles. The van der Waals surface area contributed by atoms with Crippen molar-refractivity contribution in [1.29, 1.82) is 0 Å². The molecule has 220 valence electrons. The highest BCUT2D eigenvalue weighted by atomic mass is 31.2. The molecule has 1 fully saturated rings. The predicted molar refractivity (Wildman–Crippen MR) is 147 cm³/mol. The summed E-state index contributed by atoms with van der Waals surface area (Å²) in [5, 5.41) is 2.75. The molecular weight excluding hydrogens is 561 g/mol. The number of carbonyl (C=O) groups is 1. The van der Waals surface area contributed by atoms with Crippen LogP contribution in [-0.4, -0.2) is 64.7 Å². The van der Waals surface area contributed by atoms with Crippen LogP contribution in [0.5, 0.6) is 5.88 Å². The zero-order chi connectivity index (χ0) is 29.8. The number of nitrogens with one attached hydrogen (secondary N) is 1. The maximum atomic E-state index is 13.7. The Bertz CT molecular complexity index is 1450. The summed E-state index contributed by atoms with van der Waals surface area (Å²) in [7, 11) is -4.64. The molecule has 3 aromatic rings. The molecule has 41 heavy (non-hydrogen) atoms. The number of hydrogen-bond donors (Lipinski definition) is 3. The van der Waals surface area contributed by atoms with Crippen molar-refractivity contribution < 1.29 is 41.9 Å². The lowest BCUT2D eigenvalue weighted by atomic mass is 10.00. The number of anilines is 2. The molecule has 1 aliphatic heterocycles. The molecule has 3 heterocycles. The van der Waals surface area contributed by atoms with Gasteiger partial charge in [-0.2, -0.15) is 13.8 Å². The molecule has 0 unspecified atom stereocenters. The van der Waals surface area contributed by atoms with Gasteiger partial charge >= 0.3 is 7.82 Å². The number of alkyl halides is 2. The van der Waals surface area contributed by atoms with E-state index in [0.717, 1.165) is 17.2 Å². The number of benzene rings is 1. The van der Waals surface area contributed by atoms with Crippen LogP contribution in [0.3, 0.4) is 0 Å². The van der Waals surface area contributed by atoms with Crippen LogP contribution in [0.1, 0.15) is 35.5 Å². The SMILES string of the molecule is Cc1ccc(NC(=O)c2ccnc(C(C)(F)F)c2)cc1-c1cc(OCCOP(=O)(O)O)nc(N2CCOC[C@H]2C)c1. The van der Waals surface area contributed by atoms with Crippen LogP contribution in [0.15, 0.2) is 48.7 Å². The summed E-state index contributed by atoms with van der Waals surface area (Å²) >= 11 is 0. The molecule has 3 N–H and O–H groups in total. The Hall–Kier alpha value is -3.48. The summed E-state index contributed by atoms with van der Waals surface area (Å²) in [6.07, 6.45) is 1.17. The van der Waals surface area contributed by atoms with Gasteiger partial charge in [0.2, 0.25) is 5.88 Å². The van der Waals surface area contributed by atoms with Crippen LogP contribution in [-0.2, 0) is 19.7 Å². The number of phosphoric ester groups is 1. The first-order valence-corrected chi connectivity index (χ1v) is 14.3. The van der Waals surface area contributed by atoms with Crippen LogP contribution >= 0.6 is 7.82 Å². The molecule has 0 aliphatic carbocycles. The third-order valence-electron chi connectivity index (χ3n) is 6.32. The number of aryl methyl sites for hydroxylation is 1. The van der Waals surface area contributed by atoms with Crippen LogP contribution in [0.2, 0.25) is 0 Å². The topological polar surface area (TPSA) is 143 Å². The molecular formula is C27H31F2N4O7P. The van der Waals surface area contributed by atoms with Crippen LogP contribution in [0.25, 0.3) is 11.1 Å². The molecule has 11 nitrogen and oxygen atoms in total. The van der Waals surface area contributed by atoms with Gasteiger partial charge in [0.25, 0.3) is 11.8 Å². The van der Waals surface area contributed by atoms with E-state index in [0.29, 0.717) is 43.8 Å². The minimum atomic E-state index is -4.64. The summed E-state index contributed by atoms with van der Waals surface area (Å²) < 4.78 is 54.1. The van der Waals surface area contributed by atoms with Crippen molar-refractivity contribution in [1.82, 2.24) is 9.97 Å². The van der Waals surface area contributed by atoms with Gasteiger partial charge in [-0.25, -0.2) is 4.57 Å². The summed E-state index contributed by atoms with van der Waals surface area (Å²) in [6.45, 7) is 5.74. The molecule has 1 amide bonds. The van der Waals surface area contributed by atoms with Gasteiger partial charge in [0.1, 0.15) is 18.1 Å². The molecule has 0 radical (unpaired) electrons. The van der Waals surface area contributed by atoms with Crippen molar-refractivity contribution in [3.8, 4) is 17.0 Å². The second-order valence-electron chi connectivity index (χ2n) is 9.64. The van der Waals surface area contributed by atoms with E-state index in [9.17, 15) is 18.1 Å². The van der Waals surface area contributed by atoms with Crippen molar-refractivity contribution in [2.24, 2.45) is 0 Å². The molecule has 0 bridgehead atoms. The molecule has 1 aliphatic rings. The number of morpholine rings is 1. The van der Waals surface area contributed by atoms with Crippen LogP contribution < -0.4 is 15.0 Å². The van der Waals surface area contributed by atoms with Gasteiger partial charge in [-0.05, 0) is 60.9 Å². The van der Waals surface area contributed by atoms with Gasteiger partial charge in [0, 0.05) is 37.0 Å². The standard InChI is InChI=1S/C27H31F2N4O7P/c1-17-4-5-21(31-26(34)19-6-7-30-23(12-19)27(3,28)29)15-22(17)20-13-24(33-8-9-38-16-18(33)2)32-25(14-20)39-10-11-40-41(35,36)37/h4-7,12-15,18H,8-11,16H2,1-3H3,(H,31,34)(H2,35,36,37)/t18-/m1/s1. The maximum absolute atomic E-state index is 13.7. The van der Waals surface area contributed by atoms with Crippen molar-refractivity contribution in [3.05, 3.63) is 65.5 Å². The van der Waals surface area contributed by atoms with E-state index in [1.54, 1.807) is 18.2 Å². The number of hydrogen-bond acceptors (Lipinski definition) is 8. The van der Waals surface area contributed by atoms with Crippen molar-refractivity contribution in [2.75, 3.05) is 43.2 Å². The quantitative estimate of drug-likeness (QED) is 0.227. The minimum Gasteiger partial charge on any atom is -0.475 e. The number of carbonyl (C=O) groups excluding carboxylic acids is 1. The number of aromatic nitrogens is 2. The van der Waals surface area contributed by atoms with E-state index in [1.807, 2.05) is 26.0 Å². The van der Waals surface area contributed by atoms with Crippen LogP contribution in [0, 0.1) is 6.92 Å². The third-order valence-corrected chi connectivity index (χ3v) is 6.84. The summed E-state index contributed by atoms with van der Waals surface area (Å²) in [6, 6.07) is 11.3. The van der Waals surface area contributed by atoms with Gasteiger partial charge in [-0.1, -0.05) is 6.07 Å². The number of rotatable bonds is 10. The van der Waals surface area contributed by atoms with E-state index in [1.165, 1.54) is 12.3 Å². The number of ether oxygens (including phenoxy) is 2. The van der Waals surface area contributed by atoms with E-state index >= 15 is 0 Å². The second-order valence-corrected chi connectivity index (χ2v) is 10.9. The first kappa shape index (κ1) is 30.5. The Morgan fingerprint density at radius 1 is 1.22 bits per heavy atom. The summed E-state index contributed by atoms with van der Waals surface area (Å²) in [5.41, 5.74) is 2.31. The molecule has 2 aromatic heterocycles. The molecule has 4 rings (SSSR count). The Kier molecular flexibility index (Phi) is 9.35. The molecule has 1 atom stereocenters. The van der Waals surface area contributed by atoms with Gasteiger partial charge in [0.05, 0.1) is 25.9 Å². The number of pyridine rings is 2. The zero-order valence-corrected chi connectivity index (χ0v) is 23.6. The lowest BCUT2D eigenvalue weighted by molar-refractivity contribution is 0.0127. The van der Waals surface area contributed by atoms with E-state index in [4.69, 9.17) is 19.3 Å². The lowest BCUT2D eigenvalue weighted by Crippen LogP contribution is -2.44. The van der Waals surface area contributed by atoms with E-state index < -0.39 is 25.3 Å². The third kappa shape index (κ3) is 8.27. The largest absolute Gasteiger partial charge is 0.475 e. The average Bonchev–Trinajstić information content (AvgIpc) is 2.91. The van der Waals surface area contributed by atoms with Crippen LogP contribution in [0.4, 0.5) is 20.3 Å². The second kappa shape index (κ2) is 12.6. The van der Waals surface area contributed by atoms with Crippen molar-refractivity contribution >= 4 is 25.2 Å². The smallest absolute Gasteiger partial charge is 0.469 e. The molecule has 1 aromatic carbocycles. The van der Waals surface area contributed by atoms with Crippen molar-refractivity contribution in [2.45, 2.75) is 32.7 Å². The lowest BCUT2D eigenvalue weighted by Gasteiger charge is -2.34. The molecule has 14 heteroatoms. The fourth-order valence-electron chi connectivity index (χ4n) is 4.26. The Morgan fingerprint density at radius 3 is 2.71 bits per heavy atom. The monoisotopic (exact) mass is 592 g/mol. The fraction of sp³-hybridized carbons (Fsp3) is 0.370. The Morgan fingerprint density at radius 2 is 2.00 bits per heavy atom. The van der Waals surface area contributed by atoms with Crippen molar-refractivity contribution in [3.63, 3.8) is 0 Å². The number of phosphoric acid groups is 1. The molecule has 0 spiro atoms. The summed E-state index contributed by atoms with van der Waals surface area (Å²) in [5.74, 6) is -2.93.